The van der Waals surface area contributed by atoms with Crippen LogP contribution in [0.4, 0.5) is 0 Å². The van der Waals surface area contributed by atoms with Crippen molar-refractivity contribution in [1.29, 1.82) is 0 Å². The summed E-state index contributed by atoms with van der Waals surface area (Å²) in [6.07, 6.45) is 5.66. The van der Waals surface area contributed by atoms with Crippen LogP contribution in [0.25, 0.3) is 0 Å². The van der Waals surface area contributed by atoms with Crippen molar-refractivity contribution >= 4 is 11.9 Å². The van der Waals surface area contributed by atoms with Gasteiger partial charge in [-0.25, -0.2) is 0 Å². The van der Waals surface area contributed by atoms with Crippen LogP contribution in [0.2, 0.25) is 0 Å². The maximum Gasteiger partial charge on any atom is 0.307 e. The summed E-state index contributed by atoms with van der Waals surface area (Å²) in [6, 6.07) is 0. The van der Waals surface area contributed by atoms with Crippen molar-refractivity contribution in [1.82, 2.24) is 4.90 Å². The number of allylic oxidation sites excluding steroid dienone is 2. The molecule has 0 aromatic rings. The Labute approximate surface area is 114 Å². The lowest BCUT2D eigenvalue weighted by molar-refractivity contribution is -0.152. The summed E-state index contributed by atoms with van der Waals surface area (Å²) < 4.78 is 0. The highest BCUT2D eigenvalue weighted by molar-refractivity contribution is 5.87. The fourth-order valence-corrected chi connectivity index (χ4v) is 3.25. The second-order valence-corrected chi connectivity index (χ2v) is 6.40. The number of hydrogen-bond acceptors (Lipinski definition) is 2. The highest BCUT2D eigenvalue weighted by Crippen LogP contribution is 2.49. The molecular formula is C15H23NO3. The molecule has 0 aromatic carbocycles. The van der Waals surface area contributed by atoms with Crippen molar-refractivity contribution in [3.63, 3.8) is 0 Å². The van der Waals surface area contributed by atoms with Crippen molar-refractivity contribution in [2.24, 2.45) is 23.7 Å². The molecule has 4 heteroatoms. The van der Waals surface area contributed by atoms with E-state index < -0.39 is 11.9 Å². The van der Waals surface area contributed by atoms with Gasteiger partial charge in [-0.1, -0.05) is 19.1 Å². The van der Waals surface area contributed by atoms with Gasteiger partial charge in [0.1, 0.15) is 0 Å². The molecule has 1 fully saturated rings. The molecule has 2 aliphatic rings. The molecule has 0 radical (unpaired) electrons. The Kier molecular flexibility index (Phi) is 3.45. The topological polar surface area (TPSA) is 57.6 Å². The van der Waals surface area contributed by atoms with E-state index in [-0.39, 0.29) is 29.2 Å². The molecule has 0 spiro atoms. The Morgan fingerprint density at radius 2 is 1.79 bits per heavy atom. The lowest BCUT2D eigenvalue weighted by Gasteiger charge is -2.38. The second kappa shape index (κ2) is 4.66. The quantitative estimate of drug-likeness (QED) is 0.792. The minimum absolute atomic E-state index is 0.0175. The van der Waals surface area contributed by atoms with Crippen LogP contribution in [0.5, 0.6) is 0 Å². The molecule has 106 valence electrons. The smallest absolute Gasteiger partial charge is 0.307 e. The number of carboxylic acid groups (broad SMARTS) is 1. The second-order valence-electron chi connectivity index (χ2n) is 6.40. The number of carbonyl (C=O) groups excluding carboxylic acids is 1. The van der Waals surface area contributed by atoms with Crippen LogP contribution in [0.15, 0.2) is 12.2 Å². The normalized spacial score (nSPS) is 32.6. The van der Waals surface area contributed by atoms with Gasteiger partial charge in [0.25, 0.3) is 0 Å². The number of carboxylic acids is 1. The predicted molar refractivity (Wildman–Crippen MR) is 72.5 cm³/mol. The lowest BCUT2D eigenvalue weighted by atomic mass is 9.81. The van der Waals surface area contributed by atoms with E-state index in [4.69, 9.17) is 0 Å². The van der Waals surface area contributed by atoms with Crippen molar-refractivity contribution < 1.29 is 14.7 Å². The highest BCUT2D eigenvalue weighted by atomic mass is 16.4. The monoisotopic (exact) mass is 265 g/mol. The maximum absolute atomic E-state index is 12.7. The maximum atomic E-state index is 12.7. The molecule has 2 rings (SSSR count). The Morgan fingerprint density at radius 3 is 2.26 bits per heavy atom. The minimum Gasteiger partial charge on any atom is -0.481 e. The van der Waals surface area contributed by atoms with E-state index >= 15 is 0 Å². The highest BCUT2D eigenvalue weighted by Gasteiger charge is 2.53. The van der Waals surface area contributed by atoms with E-state index in [1.807, 2.05) is 32.9 Å². The zero-order valence-corrected chi connectivity index (χ0v) is 12.1. The average molecular weight is 265 g/mol. The fraction of sp³-hybridized carbons (Fsp3) is 0.733. The largest absolute Gasteiger partial charge is 0.481 e. The summed E-state index contributed by atoms with van der Waals surface area (Å²) in [5.41, 5.74) is -0.230. The molecule has 19 heavy (non-hydrogen) atoms. The van der Waals surface area contributed by atoms with Gasteiger partial charge in [-0.05, 0) is 38.5 Å². The van der Waals surface area contributed by atoms with Gasteiger partial charge in [0.2, 0.25) is 5.91 Å². The van der Waals surface area contributed by atoms with Crippen LogP contribution in [-0.2, 0) is 9.59 Å². The van der Waals surface area contributed by atoms with Gasteiger partial charge in [0.05, 0.1) is 11.8 Å². The molecule has 0 aromatic heterocycles. The molecular weight excluding hydrogens is 242 g/mol. The number of hydrogen-bond donors (Lipinski definition) is 1. The van der Waals surface area contributed by atoms with Crippen molar-refractivity contribution in [2.45, 2.75) is 39.2 Å². The van der Waals surface area contributed by atoms with Gasteiger partial charge in [-0.2, -0.15) is 0 Å². The van der Waals surface area contributed by atoms with E-state index in [0.717, 1.165) is 12.8 Å². The molecule has 1 amide bonds. The van der Waals surface area contributed by atoms with Crippen LogP contribution in [0.3, 0.4) is 0 Å². The first-order valence-corrected chi connectivity index (χ1v) is 6.98. The van der Waals surface area contributed by atoms with Crippen LogP contribution >= 0.6 is 0 Å². The van der Waals surface area contributed by atoms with Crippen molar-refractivity contribution in [3.05, 3.63) is 12.2 Å². The zero-order valence-electron chi connectivity index (χ0n) is 12.1. The number of amides is 1. The summed E-state index contributed by atoms with van der Waals surface area (Å²) in [7, 11) is 1.79. The van der Waals surface area contributed by atoms with Crippen molar-refractivity contribution in [3.8, 4) is 0 Å². The number of fused-ring (bicyclic) bond motifs is 2. The van der Waals surface area contributed by atoms with Gasteiger partial charge >= 0.3 is 5.97 Å². The summed E-state index contributed by atoms with van der Waals surface area (Å²) in [5.74, 6) is -1.64. The first kappa shape index (κ1) is 14.1. The number of carbonyl (C=O) groups is 2. The number of nitrogens with zero attached hydrogens (tertiary/aromatic N) is 1. The third kappa shape index (κ3) is 2.17. The van der Waals surface area contributed by atoms with Crippen LogP contribution in [0.1, 0.15) is 33.6 Å². The van der Waals surface area contributed by atoms with Gasteiger partial charge in [0.15, 0.2) is 0 Å². The van der Waals surface area contributed by atoms with E-state index in [1.165, 1.54) is 0 Å². The molecule has 1 N–H and O–H groups in total. The van der Waals surface area contributed by atoms with Crippen LogP contribution in [0, 0.1) is 23.7 Å². The number of rotatable bonds is 4. The number of aliphatic carboxylic acids is 1. The molecule has 0 heterocycles. The summed E-state index contributed by atoms with van der Waals surface area (Å²) >= 11 is 0. The minimum atomic E-state index is -0.835. The van der Waals surface area contributed by atoms with Gasteiger partial charge < -0.3 is 10.0 Å². The Bertz CT molecular complexity index is 427. The van der Waals surface area contributed by atoms with Gasteiger partial charge in [-0.3, -0.25) is 9.59 Å². The third-order valence-electron chi connectivity index (χ3n) is 5.13. The van der Waals surface area contributed by atoms with E-state index in [2.05, 4.69) is 0 Å². The lowest BCUT2D eigenvalue weighted by Crippen LogP contribution is -2.50. The molecule has 0 aliphatic heterocycles. The summed E-state index contributed by atoms with van der Waals surface area (Å²) in [4.78, 5) is 25.9. The van der Waals surface area contributed by atoms with E-state index in [1.54, 1.807) is 11.9 Å². The Balaban J connectivity index is 2.23. The first-order chi connectivity index (χ1) is 8.79. The standard InChI is InChI=1S/C15H23NO3/c1-5-15(2,3)16(4)13(17)11-9-6-7-10(8-9)12(11)14(18)19/h6-7,9-12H,5,8H2,1-4H3,(H,18,19). The molecule has 1 saturated carbocycles. The van der Waals surface area contributed by atoms with Crippen molar-refractivity contribution in [2.75, 3.05) is 7.05 Å². The molecule has 4 atom stereocenters. The SMILES string of the molecule is CCC(C)(C)N(C)C(=O)C1C2C=CC(C2)C1C(=O)O. The fourth-order valence-electron chi connectivity index (χ4n) is 3.25. The van der Waals surface area contributed by atoms with Crippen LogP contribution < -0.4 is 0 Å². The first-order valence-electron chi connectivity index (χ1n) is 6.98. The van der Waals surface area contributed by atoms with Gasteiger partial charge in [0, 0.05) is 12.6 Å². The van der Waals surface area contributed by atoms with Crippen LogP contribution in [-0.4, -0.2) is 34.5 Å². The molecule has 2 bridgehead atoms. The van der Waals surface area contributed by atoms with E-state index in [0.29, 0.717) is 0 Å². The third-order valence-corrected chi connectivity index (χ3v) is 5.13. The average Bonchev–Trinajstić information content (AvgIpc) is 2.96. The molecule has 4 nitrogen and oxygen atoms in total. The van der Waals surface area contributed by atoms with E-state index in [9.17, 15) is 14.7 Å². The summed E-state index contributed by atoms with van der Waals surface area (Å²) in [6.45, 7) is 6.08. The summed E-state index contributed by atoms with van der Waals surface area (Å²) in [5, 5.41) is 9.39. The molecule has 2 aliphatic carbocycles. The zero-order chi connectivity index (χ0) is 14.4. The predicted octanol–water partition coefficient (Wildman–Crippen LogP) is 2.16. The Hall–Kier alpha value is -1.32. The molecule has 4 unspecified atom stereocenters. The molecule has 0 saturated heterocycles. The Morgan fingerprint density at radius 1 is 1.26 bits per heavy atom. The van der Waals surface area contributed by atoms with Gasteiger partial charge in [-0.15, -0.1) is 0 Å².